The van der Waals surface area contributed by atoms with Crippen LogP contribution in [0.1, 0.15) is 72.6 Å². The SMILES string of the molecule is C[C@H]1CO[C@@]2(O[C@H]3C[C@H]4[C@@H]5CC(=O)[C@H]6CC=CC[C@]6(C)[C@H]5CC[C@]4(C)[C@H]3[C@@H]2C)C(=O)C1. The zero-order chi connectivity index (χ0) is 21.8. The van der Waals surface area contributed by atoms with Gasteiger partial charge in [0.1, 0.15) is 5.78 Å². The molecule has 1 spiro atoms. The molecule has 0 radical (unpaired) electrons. The molecule has 0 unspecified atom stereocenters. The van der Waals surface area contributed by atoms with E-state index < -0.39 is 5.79 Å². The van der Waals surface area contributed by atoms with E-state index in [-0.39, 0.29) is 40.5 Å². The van der Waals surface area contributed by atoms with Crippen LogP contribution in [0.15, 0.2) is 12.2 Å². The largest absolute Gasteiger partial charge is 0.343 e. The lowest BCUT2D eigenvalue weighted by atomic mass is 9.45. The molecule has 0 N–H and O–H groups in total. The topological polar surface area (TPSA) is 52.6 Å². The van der Waals surface area contributed by atoms with Crippen LogP contribution in [-0.2, 0) is 19.1 Å². The number of fused-ring (bicyclic) bond motifs is 7. The van der Waals surface area contributed by atoms with Crippen molar-refractivity contribution in [2.24, 2.45) is 52.3 Å². The van der Waals surface area contributed by atoms with Crippen LogP contribution >= 0.6 is 0 Å². The van der Waals surface area contributed by atoms with E-state index in [1.54, 1.807) is 0 Å². The average molecular weight is 427 g/mol. The van der Waals surface area contributed by atoms with Crippen molar-refractivity contribution < 1.29 is 19.1 Å². The third-order valence-corrected chi connectivity index (χ3v) is 11.1. The summed E-state index contributed by atoms with van der Waals surface area (Å²) in [7, 11) is 0. The maximum absolute atomic E-state index is 13.3. The van der Waals surface area contributed by atoms with Gasteiger partial charge < -0.3 is 9.47 Å². The first-order valence-electron chi connectivity index (χ1n) is 12.7. The molecule has 5 fully saturated rings. The van der Waals surface area contributed by atoms with E-state index >= 15 is 0 Å². The van der Waals surface area contributed by atoms with Gasteiger partial charge in [-0.2, -0.15) is 0 Å². The fourth-order valence-electron chi connectivity index (χ4n) is 9.62. The molecule has 11 atom stereocenters. The van der Waals surface area contributed by atoms with Crippen LogP contribution in [0.2, 0.25) is 0 Å². The van der Waals surface area contributed by atoms with Gasteiger partial charge in [-0.05, 0) is 72.5 Å². The maximum atomic E-state index is 13.3. The summed E-state index contributed by atoms with van der Waals surface area (Å²) in [5.41, 5.74) is 0.259. The van der Waals surface area contributed by atoms with Crippen LogP contribution in [0.3, 0.4) is 0 Å². The molecule has 2 aliphatic heterocycles. The zero-order valence-electron chi connectivity index (χ0n) is 19.6. The number of rotatable bonds is 0. The molecular formula is C27H38O4. The number of hydrogen-bond donors (Lipinski definition) is 0. The van der Waals surface area contributed by atoms with E-state index in [1.165, 1.54) is 12.8 Å². The van der Waals surface area contributed by atoms with Crippen molar-refractivity contribution in [3.05, 3.63) is 12.2 Å². The van der Waals surface area contributed by atoms with Crippen molar-refractivity contribution in [2.75, 3.05) is 6.61 Å². The van der Waals surface area contributed by atoms with Crippen LogP contribution < -0.4 is 0 Å². The van der Waals surface area contributed by atoms with Crippen molar-refractivity contribution in [1.29, 1.82) is 0 Å². The fraction of sp³-hybridized carbons (Fsp3) is 0.852. The smallest absolute Gasteiger partial charge is 0.232 e. The monoisotopic (exact) mass is 426 g/mol. The third kappa shape index (κ3) is 2.50. The van der Waals surface area contributed by atoms with Gasteiger partial charge in [-0.3, -0.25) is 9.59 Å². The van der Waals surface area contributed by atoms with Gasteiger partial charge in [-0.15, -0.1) is 0 Å². The summed E-state index contributed by atoms with van der Waals surface area (Å²) >= 11 is 0. The zero-order valence-corrected chi connectivity index (χ0v) is 19.6. The molecule has 0 aromatic heterocycles. The molecule has 0 aromatic rings. The lowest BCUT2D eigenvalue weighted by Crippen LogP contribution is -2.57. The molecule has 0 bridgehead atoms. The highest BCUT2D eigenvalue weighted by atomic mass is 16.7. The number of ether oxygens (including phenoxy) is 2. The van der Waals surface area contributed by atoms with E-state index in [4.69, 9.17) is 9.47 Å². The maximum Gasteiger partial charge on any atom is 0.232 e. The first kappa shape index (κ1) is 20.6. The van der Waals surface area contributed by atoms with Crippen molar-refractivity contribution in [3.63, 3.8) is 0 Å². The summed E-state index contributed by atoms with van der Waals surface area (Å²) < 4.78 is 12.8. The normalized spacial score (nSPS) is 58.1. The molecule has 0 amide bonds. The predicted octanol–water partition coefficient (Wildman–Crippen LogP) is 4.96. The van der Waals surface area contributed by atoms with Gasteiger partial charge >= 0.3 is 0 Å². The fourth-order valence-corrected chi connectivity index (χ4v) is 9.62. The van der Waals surface area contributed by atoms with Gasteiger partial charge in [0.05, 0.1) is 12.7 Å². The molecule has 170 valence electrons. The summed E-state index contributed by atoms with van der Waals surface area (Å²) in [5.74, 6) is 2.20. The molecule has 0 aromatic carbocycles. The summed E-state index contributed by atoms with van der Waals surface area (Å²) in [5, 5.41) is 0. The highest BCUT2D eigenvalue weighted by Gasteiger charge is 2.71. The Morgan fingerprint density at radius 3 is 2.61 bits per heavy atom. The van der Waals surface area contributed by atoms with Crippen LogP contribution in [0.5, 0.6) is 0 Å². The van der Waals surface area contributed by atoms with Crippen molar-refractivity contribution in [2.45, 2.75) is 84.5 Å². The third-order valence-electron chi connectivity index (χ3n) is 11.1. The van der Waals surface area contributed by atoms with Crippen LogP contribution in [0, 0.1) is 52.3 Å². The molecule has 3 saturated carbocycles. The summed E-state index contributed by atoms with van der Waals surface area (Å²) in [6.45, 7) is 9.75. The van der Waals surface area contributed by atoms with Crippen molar-refractivity contribution in [1.82, 2.24) is 0 Å². The number of carbonyl (C=O) groups is 2. The van der Waals surface area contributed by atoms with Gasteiger partial charge in [0.15, 0.2) is 5.78 Å². The van der Waals surface area contributed by atoms with Crippen LogP contribution in [-0.4, -0.2) is 30.1 Å². The summed E-state index contributed by atoms with van der Waals surface area (Å²) in [4.78, 5) is 26.4. The van der Waals surface area contributed by atoms with Gasteiger partial charge in [-0.25, -0.2) is 0 Å². The second kappa shape index (κ2) is 6.53. The molecule has 4 aliphatic carbocycles. The van der Waals surface area contributed by atoms with E-state index in [2.05, 4.69) is 39.8 Å². The molecule has 2 heterocycles. The number of ketones is 2. The lowest BCUT2D eigenvalue weighted by molar-refractivity contribution is -0.252. The minimum Gasteiger partial charge on any atom is -0.343 e. The molecule has 31 heavy (non-hydrogen) atoms. The Hall–Kier alpha value is -1.00. The second-order valence-electron chi connectivity index (χ2n) is 12.5. The van der Waals surface area contributed by atoms with Crippen LogP contribution in [0.25, 0.3) is 0 Å². The molecule has 4 nitrogen and oxygen atoms in total. The van der Waals surface area contributed by atoms with Crippen LogP contribution in [0.4, 0.5) is 0 Å². The highest BCUT2D eigenvalue weighted by Crippen LogP contribution is 2.70. The van der Waals surface area contributed by atoms with E-state index in [0.717, 1.165) is 25.7 Å². The highest BCUT2D eigenvalue weighted by molar-refractivity contribution is 5.87. The van der Waals surface area contributed by atoms with Gasteiger partial charge in [-0.1, -0.05) is 39.8 Å². The van der Waals surface area contributed by atoms with Gasteiger partial charge in [0.25, 0.3) is 0 Å². The number of Topliss-reactive ketones (excluding diaryl/α,β-unsaturated/α-hetero) is 2. The first-order valence-corrected chi connectivity index (χ1v) is 12.7. The van der Waals surface area contributed by atoms with E-state index in [9.17, 15) is 9.59 Å². The predicted molar refractivity (Wildman–Crippen MR) is 117 cm³/mol. The molecule has 6 aliphatic rings. The van der Waals surface area contributed by atoms with Crippen molar-refractivity contribution >= 4 is 11.6 Å². The van der Waals surface area contributed by atoms with E-state index in [0.29, 0.717) is 42.5 Å². The number of carbonyl (C=O) groups excluding carboxylic acids is 2. The Labute approximate surface area is 186 Å². The Bertz CT molecular complexity index is 848. The van der Waals surface area contributed by atoms with E-state index in [1.807, 2.05) is 0 Å². The molecule has 4 heteroatoms. The summed E-state index contributed by atoms with van der Waals surface area (Å²) in [6.07, 6.45) is 11.3. The molecule has 2 saturated heterocycles. The average Bonchev–Trinajstić information content (AvgIpc) is 3.17. The van der Waals surface area contributed by atoms with Gasteiger partial charge in [0, 0.05) is 24.7 Å². The first-order chi connectivity index (χ1) is 14.7. The van der Waals surface area contributed by atoms with Gasteiger partial charge in [0.2, 0.25) is 5.79 Å². The second-order valence-corrected chi connectivity index (χ2v) is 12.5. The standard InChI is InChI=1S/C27H38O4/c1-15-11-23(29)27(30-14-15)16(2)24-22(31-27)13-20-17-12-21(28)19-7-5-6-9-25(19,3)18(17)8-10-26(20,24)4/h5-6,15-20,22,24H,7-14H2,1-4H3/t15-,16+,17-,18+,19-,20+,22+,24+,25-,26+,27+/m1/s1. The lowest BCUT2D eigenvalue weighted by Gasteiger charge is -2.59. The van der Waals surface area contributed by atoms with Crippen molar-refractivity contribution in [3.8, 4) is 0 Å². The Morgan fingerprint density at radius 1 is 1.03 bits per heavy atom. The number of hydrogen-bond acceptors (Lipinski definition) is 4. The quantitative estimate of drug-likeness (QED) is 0.514. The molecule has 6 rings (SSSR count). The Balaban J connectivity index is 1.32. The minimum atomic E-state index is -1.01. The Kier molecular flexibility index (Phi) is 4.34. The minimum absolute atomic E-state index is 0.0873. The molecular weight excluding hydrogens is 388 g/mol. The number of allylic oxidation sites excluding steroid dienone is 2. The summed E-state index contributed by atoms with van der Waals surface area (Å²) in [6, 6.07) is 0. The Morgan fingerprint density at radius 2 is 1.84 bits per heavy atom.